The Labute approximate surface area is 146 Å². The lowest BCUT2D eigenvalue weighted by molar-refractivity contribution is -0.129. The monoisotopic (exact) mass is 361 g/mol. The molecule has 1 N–H and O–H groups in total. The topological polar surface area (TPSA) is 76.0 Å². The van der Waals surface area contributed by atoms with Gasteiger partial charge < -0.3 is 9.84 Å². The van der Waals surface area contributed by atoms with Crippen LogP contribution in [0.1, 0.15) is 21.5 Å². The van der Waals surface area contributed by atoms with Crippen molar-refractivity contribution < 1.29 is 19.4 Å². The Kier molecular flexibility index (Phi) is 4.38. The maximum absolute atomic E-state index is 11.9. The van der Waals surface area contributed by atoms with Crippen LogP contribution in [0.25, 0.3) is 6.08 Å². The fourth-order valence-corrected chi connectivity index (χ4v) is 2.34. The number of rotatable bonds is 3. The third-order valence-electron chi connectivity index (χ3n) is 3.25. The van der Waals surface area contributed by atoms with E-state index in [9.17, 15) is 9.59 Å². The molecule has 2 aromatic rings. The summed E-state index contributed by atoms with van der Waals surface area (Å²) in [6, 6.07) is 10.8. The summed E-state index contributed by atoms with van der Waals surface area (Å²) in [6.45, 7) is 0. The van der Waals surface area contributed by atoms with Gasteiger partial charge in [0.05, 0.1) is 15.6 Å². The van der Waals surface area contributed by atoms with Crippen molar-refractivity contribution in [2.24, 2.45) is 4.99 Å². The number of aliphatic imine (C=N–C) groups is 1. The lowest BCUT2D eigenvalue weighted by Gasteiger charge is -2.01. The maximum Gasteiger partial charge on any atom is 0.363 e. The predicted molar refractivity (Wildman–Crippen MR) is 90.5 cm³/mol. The predicted octanol–water partition coefficient (Wildman–Crippen LogP) is 4.04. The van der Waals surface area contributed by atoms with Crippen LogP contribution in [-0.2, 0) is 9.53 Å². The van der Waals surface area contributed by atoms with Gasteiger partial charge in [-0.15, -0.1) is 0 Å². The van der Waals surface area contributed by atoms with Crippen LogP contribution in [0.15, 0.2) is 53.2 Å². The Morgan fingerprint density at radius 3 is 2.42 bits per heavy atom. The molecule has 5 nitrogen and oxygen atoms in total. The number of nitrogens with zero attached hydrogens (tertiary/aromatic N) is 1. The van der Waals surface area contributed by atoms with Gasteiger partial charge in [0.25, 0.3) is 0 Å². The fraction of sp³-hybridized carbons (Fsp3) is 0. The summed E-state index contributed by atoms with van der Waals surface area (Å²) in [6.07, 6.45) is 1.51. The van der Waals surface area contributed by atoms with Crippen LogP contribution in [0.2, 0.25) is 10.0 Å². The average Bonchev–Trinajstić information content (AvgIpc) is 2.91. The zero-order valence-corrected chi connectivity index (χ0v) is 13.5. The van der Waals surface area contributed by atoms with Gasteiger partial charge in [-0.25, -0.2) is 14.6 Å². The summed E-state index contributed by atoms with van der Waals surface area (Å²) in [7, 11) is 0. The number of carboxylic acids is 1. The lowest BCUT2D eigenvalue weighted by atomic mass is 10.1. The van der Waals surface area contributed by atoms with Crippen LogP contribution in [0.5, 0.6) is 0 Å². The third-order valence-corrected chi connectivity index (χ3v) is 3.99. The van der Waals surface area contributed by atoms with Gasteiger partial charge >= 0.3 is 11.9 Å². The molecule has 0 bridgehead atoms. The van der Waals surface area contributed by atoms with E-state index in [1.807, 2.05) is 0 Å². The van der Waals surface area contributed by atoms with Crippen molar-refractivity contribution in [3.05, 3.63) is 74.9 Å². The van der Waals surface area contributed by atoms with E-state index in [0.717, 1.165) is 0 Å². The summed E-state index contributed by atoms with van der Waals surface area (Å²) >= 11 is 11.8. The van der Waals surface area contributed by atoms with Gasteiger partial charge in [-0.05, 0) is 42.0 Å². The first-order chi connectivity index (χ1) is 11.4. The molecule has 0 aliphatic carbocycles. The van der Waals surface area contributed by atoms with Crippen LogP contribution >= 0.6 is 23.2 Å². The van der Waals surface area contributed by atoms with Crippen LogP contribution in [0.4, 0.5) is 0 Å². The molecule has 0 saturated carbocycles. The van der Waals surface area contributed by atoms with Crippen LogP contribution in [0.3, 0.4) is 0 Å². The first kappa shape index (κ1) is 16.2. The molecular formula is C17H9Cl2NO4. The largest absolute Gasteiger partial charge is 0.478 e. The number of carboxylic acid groups (broad SMARTS) is 1. The molecule has 7 heteroatoms. The number of ether oxygens (including phenoxy) is 1. The van der Waals surface area contributed by atoms with Crippen molar-refractivity contribution in [3.8, 4) is 0 Å². The quantitative estimate of drug-likeness (QED) is 0.661. The second-order valence-electron chi connectivity index (χ2n) is 4.89. The van der Waals surface area contributed by atoms with E-state index in [-0.39, 0.29) is 17.2 Å². The van der Waals surface area contributed by atoms with Crippen molar-refractivity contribution in [3.63, 3.8) is 0 Å². The van der Waals surface area contributed by atoms with Gasteiger partial charge in [0, 0.05) is 5.56 Å². The van der Waals surface area contributed by atoms with Gasteiger partial charge in [0.15, 0.2) is 5.70 Å². The molecule has 0 fully saturated rings. The molecule has 24 heavy (non-hydrogen) atoms. The first-order valence-electron chi connectivity index (χ1n) is 6.75. The minimum Gasteiger partial charge on any atom is -0.478 e. The highest BCUT2D eigenvalue weighted by molar-refractivity contribution is 6.42. The molecular weight excluding hydrogens is 353 g/mol. The van der Waals surface area contributed by atoms with Crippen LogP contribution in [-0.4, -0.2) is 22.9 Å². The zero-order valence-electron chi connectivity index (χ0n) is 12.0. The second kappa shape index (κ2) is 6.47. The molecule has 0 radical (unpaired) electrons. The van der Waals surface area contributed by atoms with Gasteiger partial charge in [-0.3, -0.25) is 0 Å². The van der Waals surface area contributed by atoms with E-state index < -0.39 is 11.9 Å². The normalized spacial score (nSPS) is 15.3. The number of hydrogen-bond acceptors (Lipinski definition) is 4. The van der Waals surface area contributed by atoms with E-state index in [1.165, 1.54) is 18.2 Å². The van der Waals surface area contributed by atoms with Crippen molar-refractivity contribution in [1.29, 1.82) is 0 Å². The van der Waals surface area contributed by atoms with Gasteiger partial charge in [0.1, 0.15) is 0 Å². The number of benzene rings is 2. The Morgan fingerprint density at radius 2 is 1.79 bits per heavy atom. The SMILES string of the molecule is O=C1OC(c2ccc(Cl)c(Cl)c2)=N/C1=C/c1ccc(C(=O)O)cc1. The maximum atomic E-state index is 11.9. The molecule has 0 atom stereocenters. The van der Waals surface area contributed by atoms with E-state index in [1.54, 1.807) is 30.3 Å². The smallest absolute Gasteiger partial charge is 0.363 e. The summed E-state index contributed by atoms with van der Waals surface area (Å²) in [5, 5.41) is 9.59. The molecule has 0 amide bonds. The van der Waals surface area contributed by atoms with Gasteiger partial charge in [0.2, 0.25) is 5.90 Å². The molecule has 120 valence electrons. The molecule has 0 spiro atoms. The van der Waals surface area contributed by atoms with Crippen LogP contribution in [0, 0.1) is 0 Å². The fourth-order valence-electron chi connectivity index (χ4n) is 2.04. The highest BCUT2D eigenvalue weighted by Gasteiger charge is 2.24. The zero-order chi connectivity index (χ0) is 17.3. The van der Waals surface area contributed by atoms with Crippen molar-refractivity contribution >= 4 is 47.1 Å². The average molecular weight is 362 g/mol. The Balaban J connectivity index is 1.90. The molecule has 0 aromatic heterocycles. The summed E-state index contributed by atoms with van der Waals surface area (Å²) in [4.78, 5) is 26.9. The first-order valence-corrected chi connectivity index (χ1v) is 7.51. The number of halogens is 2. The summed E-state index contributed by atoms with van der Waals surface area (Å²) in [5.41, 5.74) is 1.43. The third kappa shape index (κ3) is 3.32. The Hall–Kier alpha value is -2.63. The number of carbonyl (C=O) groups excluding carboxylic acids is 1. The molecule has 1 aliphatic heterocycles. The molecule has 3 rings (SSSR count). The van der Waals surface area contributed by atoms with Crippen molar-refractivity contribution in [1.82, 2.24) is 0 Å². The number of esters is 1. The summed E-state index contributed by atoms with van der Waals surface area (Å²) in [5.74, 6) is -1.49. The minimum absolute atomic E-state index is 0.110. The second-order valence-corrected chi connectivity index (χ2v) is 5.71. The molecule has 2 aromatic carbocycles. The number of cyclic esters (lactones) is 1. The van der Waals surface area contributed by atoms with Crippen molar-refractivity contribution in [2.45, 2.75) is 0 Å². The van der Waals surface area contributed by atoms with Gasteiger partial charge in [-0.2, -0.15) is 0 Å². The Bertz CT molecular complexity index is 901. The number of hydrogen-bond donors (Lipinski definition) is 1. The van der Waals surface area contributed by atoms with E-state index >= 15 is 0 Å². The highest BCUT2D eigenvalue weighted by atomic mass is 35.5. The standard InChI is InChI=1S/C17H9Cl2NO4/c18-12-6-5-11(8-13(12)19)15-20-14(17(23)24-15)7-9-1-3-10(4-2-9)16(21)22/h1-8H,(H,21,22)/b14-7+. The number of carbonyl (C=O) groups is 2. The summed E-state index contributed by atoms with van der Waals surface area (Å²) < 4.78 is 5.14. The van der Waals surface area contributed by atoms with Crippen LogP contribution < -0.4 is 0 Å². The molecule has 0 saturated heterocycles. The van der Waals surface area contributed by atoms with Gasteiger partial charge in [-0.1, -0.05) is 35.3 Å². The van der Waals surface area contributed by atoms with E-state index in [2.05, 4.69) is 4.99 Å². The van der Waals surface area contributed by atoms with E-state index in [4.69, 9.17) is 33.0 Å². The molecule has 0 unspecified atom stereocenters. The van der Waals surface area contributed by atoms with E-state index in [0.29, 0.717) is 21.2 Å². The lowest BCUT2D eigenvalue weighted by Crippen LogP contribution is -2.05. The van der Waals surface area contributed by atoms with Crippen molar-refractivity contribution in [2.75, 3.05) is 0 Å². The molecule has 1 aliphatic rings. The molecule has 1 heterocycles. The minimum atomic E-state index is -1.02. The highest BCUT2D eigenvalue weighted by Crippen LogP contribution is 2.25. The Morgan fingerprint density at radius 1 is 1.08 bits per heavy atom. The number of aromatic carboxylic acids is 1.